The molecule has 0 amide bonds. The number of hydrogen-bond acceptors (Lipinski definition) is 0. The highest BCUT2D eigenvalue weighted by atomic mass is 15.0. The predicted molar refractivity (Wildman–Crippen MR) is 186 cm³/mol. The van der Waals surface area contributed by atoms with E-state index in [1.165, 1.54) is 65.9 Å². The van der Waals surface area contributed by atoms with E-state index >= 15 is 0 Å². The SMILES string of the molecule is c1ccc(-c2cccc(-n3c4ccccc4c4cc5c6cc(-c7ccccc7)ccc6n(-c6ccccc6)c5cc43)c2)cc1. The summed E-state index contributed by atoms with van der Waals surface area (Å²) in [5, 5.41) is 5.04. The van der Waals surface area contributed by atoms with Gasteiger partial charge in [0.05, 0.1) is 22.1 Å². The summed E-state index contributed by atoms with van der Waals surface area (Å²) in [6.45, 7) is 0. The molecular weight excluding hydrogens is 532 g/mol. The highest BCUT2D eigenvalue weighted by Crippen LogP contribution is 2.41. The van der Waals surface area contributed by atoms with Gasteiger partial charge in [0.15, 0.2) is 0 Å². The van der Waals surface area contributed by atoms with Gasteiger partial charge in [0, 0.05) is 32.9 Å². The molecule has 7 aromatic carbocycles. The van der Waals surface area contributed by atoms with Crippen LogP contribution in [0.2, 0.25) is 0 Å². The van der Waals surface area contributed by atoms with Gasteiger partial charge in [0.25, 0.3) is 0 Å². The minimum absolute atomic E-state index is 1.16. The highest BCUT2D eigenvalue weighted by molar-refractivity contribution is 6.19. The van der Waals surface area contributed by atoms with Gasteiger partial charge in [0.2, 0.25) is 0 Å². The molecular formula is C42H28N2. The van der Waals surface area contributed by atoms with Crippen molar-refractivity contribution in [3.05, 3.63) is 170 Å². The summed E-state index contributed by atoms with van der Waals surface area (Å²) < 4.78 is 4.85. The van der Waals surface area contributed by atoms with E-state index in [4.69, 9.17) is 0 Å². The molecule has 0 saturated heterocycles. The molecule has 2 nitrogen and oxygen atoms in total. The smallest absolute Gasteiger partial charge is 0.0562 e. The van der Waals surface area contributed by atoms with Gasteiger partial charge >= 0.3 is 0 Å². The fraction of sp³-hybridized carbons (Fsp3) is 0. The Bertz CT molecular complexity index is 2470. The average Bonchev–Trinajstić information content (AvgIpc) is 3.60. The van der Waals surface area contributed by atoms with Crippen molar-refractivity contribution in [1.82, 2.24) is 9.13 Å². The molecule has 0 saturated carbocycles. The molecule has 9 aromatic rings. The maximum Gasteiger partial charge on any atom is 0.0562 e. The van der Waals surface area contributed by atoms with Gasteiger partial charge in [-0.25, -0.2) is 0 Å². The van der Waals surface area contributed by atoms with Gasteiger partial charge in [-0.3, -0.25) is 0 Å². The van der Waals surface area contributed by atoms with Crippen molar-refractivity contribution in [2.45, 2.75) is 0 Å². The maximum atomic E-state index is 2.43. The molecule has 0 atom stereocenters. The van der Waals surface area contributed by atoms with Crippen LogP contribution in [0.3, 0.4) is 0 Å². The topological polar surface area (TPSA) is 9.86 Å². The van der Waals surface area contributed by atoms with Crippen LogP contribution in [0.4, 0.5) is 0 Å². The molecule has 0 fully saturated rings. The van der Waals surface area contributed by atoms with Gasteiger partial charge in [0.1, 0.15) is 0 Å². The molecule has 2 heterocycles. The van der Waals surface area contributed by atoms with Gasteiger partial charge in [-0.2, -0.15) is 0 Å². The van der Waals surface area contributed by atoms with Crippen LogP contribution in [0.15, 0.2) is 170 Å². The first-order valence-corrected chi connectivity index (χ1v) is 15.1. The Labute approximate surface area is 255 Å². The molecule has 0 aliphatic carbocycles. The Hall–Kier alpha value is -5.86. The van der Waals surface area contributed by atoms with E-state index in [2.05, 4.69) is 179 Å². The second kappa shape index (κ2) is 9.86. The quantitative estimate of drug-likeness (QED) is 0.203. The fourth-order valence-electron chi connectivity index (χ4n) is 6.88. The number of rotatable bonds is 4. The molecule has 9 rings (SSSR count). The summed E-state index contributed by atoms with van der Waals surface area (Å²) in [6.07, 6.45) is 0. The summed E-state index contributed by atoms with van der Waals surface area (Å²) in [5.41, 5.74) is 12.0. The van der Waals surface area contributed by atoms with Gasteiger partial charge in [-0.05, 0) is 76.9 Å². The lowest BCUT2D eigenvalue weighted by Crippen LogP contribution is -1.96. The standard InChI is InChI=1S/C42H28N2/c1-4-13-29(14-5-1)31-17-12-20-34(25-31)44-39-22-11-10-21-35(39)37-27-38-36-26-32(30-15-6-2-7-16-30)23-24-40(36)43(42(38)28-41(37)44)33-18-8-3-9-19-33/h1-28H. The highest BCUT2D eigenvalue weighted by Gasteiger charge is 2.19. The first-order valence-electron chi connectivity index (χ1n) is 15.1. The van der Waals surface area contributed by atoms with Gasteiger partial charge in [-0.1, -0.05) is 115 Å². The van der Waals surface area contributed by atoms with Crippen LogP contribution < -0.4 is 0 Å². The maximum absolute atomic E-state index is 2.43. The van der Waals surface area contributed by atoms with Crippen molar-refractivity contribution in [2.75, 3.05) is 0 Å². The van der Waals surface area contributed by atoms with Crippen molar-refractivity contribution >= 4 is 43.6 Å². The van der Waals surface area contributed by atoms with Crippen LogP contribution in [0.1, 0.15) is 0 Å². The summed E-state index contributed by atoms with van der Waals surface area (Å²) in [7, 11) is 0. The minimum Gasteiger partial charge on any atom is -0.309 e. The predicted octanol–water partition coefficient (Wildman–Crippen LogP) is 11.2. The monoisotopic (exact) mass is 560 g/mol. The zero-order valence-electron chi connectivity index (χ0n) is 24.1. The number of para-hydroxylation sites is 2. The Morgan fingerprint density at radius 3 is 1.48 bits per heavy atom. The molecule has 2 aromatic heterocycles. The van der Waals surface area contributed by atoms with Crippen LogP contribution in [0.25, 0.3) is 77.2 Å². The Kier molecular flexibility index (Phi) is 5.54. The molecule has 0 aliphatic heterocycles. The van der Waals surface area contributed by atoms with Crippen molar-refractivity contribution in [3.63, 3.8) is 0 Å². The molecule has 0 N–H and O–H groups in total. The third-order valence-electron chi connectivity index (χ3n) is 8.89. The van der Waals surface area contributed by atoms with E-state index < -0.39 is 0 Å². The summed E-state index contributed by atoms with van der Waals surface area (Å²) in [4.78, 5) is 0. The van der Waals surface area contributed by atoms with Crippen molar-refractivity contribution in [1.29, 1.82) is 0 Å². The van der Waals surface area contributed by atoms with Gasteiger partial charge < -0.3 is 9.13 Å². The van der Waals surface area contributed by atoms with E-state index in [0.29, 0.717) is 0 Å². The molecule has 2 heteroatoms. The average molecular weight is 561 g/mol. The summed E-state index contributed by atoms with van der Waals surface area (Å²) in [6, 6.07) is 61.4. The van der Waals surface area contributed by atoms with Crippen molar-refractivity contribution in [2.24, 2.45) is 0 Å². The van der Waals surface area contributed by atoms with E-state index in [1.807, 2.05) is 0 Å². The molecule has 0 spiro atoms. The number of fused-ring (bicyclic) bond motifs is 6. The van der Waals surface area contributed by atoms with Crippen LogP contribution in [0, 0.1) is 0 Å². The second-order valence-electron chi connectivity index (χ2n) is 11.4. The Morgan fingerprint density at radius 1 is 0.250 bits per heavy atom. The van der Waals surface area contributed by atoms with E-state index in [-0.39, 0.29) is 0 Å². The molecule has 206 valence electrons. The lowest BCUT2D eigenvalue weighted by molar-refractivity contribution is 1.16. The minimum atomic E-state index is 1.16. The number of aromatic nitrogens is 2. The van der Waals surface area contributed by atoms with Crippen LogP contribution in [-0.4, -0.2) is 9.13 Å². The Balaban J connectivity index is 1.38. The molecule has 0 radical (unpaired) electrons. The number of nitrogens with zero attached hydrogens (tertiary/aromatic N) is 2. The van der Waals surface area contributed by atoms with Crippen LogP contribution in [-0.2, 0) is 0 Å². The van der Waals surface area contributed by atoms with Gasteiger partial charge in [-0.15, -0.1) is 0 Å². The summed E-state index contributed by atoms with van der Waals surface area (Å²) >= 11 is 0. The zero-order chi connectivity index (χ0) is 29.0. The third-order valence-corrected chi connectivity index (χ3v) is 8.89. The largest absolute Gasteiger partial charge is 0.309 e. The molecule has 44 heavy (non-hydrogen) atoms. The first-order chi connectivity index (χ1) is 21.8. The van der Waals surface area contributed by atoms with Crippen LogP contribution in [0.5, 0.6) is 0 Å². The van der Waals surface area contributed by atoms with Crippen molar-refractivity contribution in [3.8, 4) is 33.6 Å². The molecule has 0 bridgehead atoms. The fourth-order valence-corrected chi connectivity index (χ4v) is 6.88. The van der Waals surface area contributed by atoms with Crippen molar-refractivity contribution < 1.29 is 0 Å². The molecule has 0 unspecified atom stereocenters. The first kappa shape index (κ1) is 24.7. The lowest BCUT2D eigenvalue weighted by Gasteiger charge is -2.11. The summed E-state index contributed by atoms with van der Waals surface area (Å²) in [5.74, 6) is 0. The van der Waals surface area contributed by atoms with E-state index in [1.54, 1.807) is 0 Å². The zero-order valence-corrected chi connectivity index (χ0v) is 24.1. The molecule has 0 aliphatic rings. The number of benzene rings is 7. The van der Waals surface area contributed by atoms with Crippen LogP contribution >= 0.6 is 0 Å². The Morgan fingerprint density at radius 2 is 0.750 bits per heavy atom. The third kappa shape index (κ3) is 3.82. The second-order valence-corrected chi connectivity index (χ2v) is 11.4. The normalized spacial score (nSPS) is 11.6. The van der Waals surface area contributed by atoms with E-state index in [9.17, 15) is 0 Å². The lowest BCUT2D eigenvalue weighted by atomic mass is 10.0. The van der Waals surface area contributed by atoms with E-state index in [0.717, 1.165) is 11.4 Å². The number of hydrogen-bond donors (Lipinski definition) is 0.